The normalized spacial score (nSPS) is 26.3. The zero-order valence-electron chi connectivity index (χ0n) is 14.2. The van der Waals surface area contributed by atoms with Gasteiger partial charge in [0, 0.05) is 5.92 Å². The standard InChI is InChI=1S/C16H29N7/c1-3-4-11(2)16(18)21-14(17)15-20-10-13(23(15)22-16)9-12-5-7-19-8-6-12/h10-12,19,22H,3-9,18H2,1-2H3,(H2,17,21). The van der Waals surface area contributed by atoms with E-state index in [1.807, 2.05) is 10.9 Å². The molecule has 3 rings (SSSR count). The Bertz CT molecular complexity index is 573. The van der Waals surface area contributed by atoms with Crippen molar-refractivity contribution in [3.05, 3.63) is 17.7 Å². The van der Waals surface area contributed by atoms with Gasteiger partial charge in [-0.1, -0.05) is 20.3 Å². The second-order valence-corrected chi connectivity index (χ2v) is 6.93. The molecule has 1 aromatic heterocycles. The number of fused-ring (bicyclic) bond motifs is 1. The molecule has 2 atom stereocenters. The number of rotatable bonds is 5. The van der Waals surface area contributed by atoms with E-state index in [0.717, 1.165) is 38.0 Å². The van der Waals surface area contributed by atoms with Gasteiger partial charge >= 0.3 is 0 Å². The lowest BCUT2D eigenvalue weighted by Gasteiger charge is -2.38. The van der Waals surface area contributed by atoms with Crippen molar-refractivity contribution in [1.82, 2.24) is 15.0 Å². The zero-order chi connectivity index (χ0) is 16.4. The quantitative estimate of drug-likeness (QED) is 0.640. The van der Waals surface area contributed by atoms with Crippen molar-refractivity contribution in [3.8, 4) is 0 Å². The summed E-state index contributed by atoms with van der Waals surface area (Å²) in [6.07, 6.45) is 7.36. The zero-order valence-corrected chi connectivity index (χ0v) is 14.2. The lowest BCUT2D eigenvalue weighted by atomic mass is 9.93. The molecule has 1 saturated heterocycles. The van der Waals surface area contributed by atoms with Crippen molar-refractivity contribution < 1.29 is 0 Å². The minimum absolute atomic E-state index is 0.188. The summed E-state index contributed by atoms with van der Waals surface area (Å²) in [7, 11) is 0. The minimum Gasteiger partial charge on any atom is -0.381 e. The van der Waals surface area contributed by atoms with E-state index in [4.69, 9.17) is 11.5 Å². The number of amidine groups is 1. The highest BCUT2D eigenvalue weighted by Gasteiger charge is 2.37. The van der Waals surface area contributed by atoms with Gasteiger partial charge in [-0.15, -0.1) is 0 Å². The lowest BCUT2D eigenvalue weighted by Crippen LogP contribution is -2.59. The molecule has 0 bridgehead atoms. The largest absolute Gasteiger partial charge is 0.381 e. The van der Waals surface area contributed by atoms with Crippen molar-refractivity contribution in [2.45, 2.75) is 51.7 Å². The van der Waals surface area contributed by atoms with E-state index in [2.05, 4.69) is 34.6 Å². The van der Waals surface area contributed by atoms with Crippen LogP contribution in [0.2, 0.25) is 0 Å². The van der Waals surface area contributed by atoms with Crippen LogP contribution in [0.4, 0.5) is 0 Å². The summed E-state index contributed by atoms with van der Waals surface area (Å²) >= 11 is 0. The maximum absolute atomic E-state index is 6.52. The van der Waals surface area contributed by atoms with Crippen molar-refractivity contribution in [2.24, 2.45) is 28.3 Å². The Kier molecular flexibility index (Phi) is 4.59. The van der Waals surface area contributed by atoms with Gasteiger partial charge in [0.25, 0.3) is 0 Å². The molecule has 128 valence electrons. The topological polar surface area (TPSA) is 106 Å². The molecular weight excluding hydrogens is 290 g/mol. The van der Waals surface area contributed by atoms with Gasteiger partial charge in [0.2, 0.25) is 5.79 Å². The SMILES string of the molecule is CCCC(C)C1(N)N=C(N)c2ncc(CC3CCNCC3)n2N1. The predicted molar refractivity (Wildman–Crippen MR) is 92.6 cm³/mol. The summed E-state index contributed by atoms with van der Waals surface area (Å²) in [6, 6.07) is 0. The van der Waals surface area contributed by atoms with Crippen LogP contribution in [0.5, 0.6) is 0 Å². The Morgan fingerprint density at radius 2 is 2.17 bits per heavy atom. The van der Waals surface area contributed by atoms with Crippen LogP contribution in [-0.2, 0) is 6.42 Å². The number of imidazole rings is 1. The Morgan fingerprint density at radius 1 is 1.43 bits per heavy atom. The summed E-state index contributed by atoms with van der Waals surface area (Å²) < 4.78 is 1.97. The monoisotopic (exact) mass is 319 g/mol. The van der Waals surface area contributed by atoms with Crippen LogP contribution in [0.3, 0.4) is 0 Å². The van der Waals surface area contributed by atoms with E-state index in [0.29, 0.717) is 17.6 Å². The number of aromatic nitrogens is 2. The fourth-order valence-corrected chi connectivity index (χ4v) is 3.55. The number of hydrogen-bond acceptors (Lipinski definition) is 6. The fourth-order valence-electron chi connectivity index (χ4n) is 3.55. The van der Waals surface area contributed by atoms with Gasteiger partial charge in [-0.25, -0.2) is 14.7 Å². The molecule has 7 nitrogen and oxygen atoms in total. The predicted octanol–water partition coefficient (Wildman–Crippen LogP) is 0.736. The summed E-state index contributed by atoms with van der Waals surface area (Å²) in [6.45, 7) is 6.46. The first-order valence-corrected chi connectivity index (χ1v) is 8.73. The van der Waals surface area contributed by atoms with E-state index in [-0.39, 0.29) is 5.92 Å². The average molecular weight is 319 g/mol. The molecule has 2 unspecified atom stereocenters. The molecule has 0 spiro atoms. The summed E-state index contributed by atoms with van der Waals surface area (Å²) in [4.78, 5) is 8.95. The fraction of sp³-hybridized carbons (Fsp3) is 0.750. The van der Waals surface area contributed by atoms with Gasteiger partial charge in [-0.3, -0.25) is 11.2 Å². The van der Waals surface area contributed by atoms with Crippen LogP contribution in [0.1, 0.15) is 51.0 Å². The first kappa shape index (κ1) is 16.3. The molecule has 0 radical (unpaired) electrons. The molecule has 7 heteroatoms. The first-order valence-electron chi connectivity index (χ1n) is 8.73. The van der Waals surface area contributed by atoms with Gasteiger partial charge in [0.15, 0.2) is 11.7 Å². The molecule has 1 fully saturated rings. The Labute approximate surface area is 137 Å². The minimum atomic E-state index is -0.864. The summed E-state index contributed by atoms with van der Waals surface area (Å²) in [5.41, 5.74) is 17.2. The summed E-state index contributed by atoms with van der Waals surface area (Å²) in [5, 5.41) is 3.41. The molecule has 2 aliphatic rings. The molecule has 6 N–H and O–H groups in total. The molecule has 1 aromatic rings. The second kappa shape index (κ2) is 6.49. The highest BCUT2D eigenvalue weighted by molar-refractivity contribution is 5.95. The Balaban J connectivity index is 1.82. The van der Waals surface area contributed by atoms with Crippen molar-refractivity contribution in [3.63, 3.8) is 0 Å². The van der Waals surface area contributed by atoms with E-state index < -0.39 is 5.79 Å². The van der Waals surface area contributed by atoms with Crippen molar-refractivity contribution in [2.75, 3.05) is 18.5 Å². The number of nitrogens with one attached hydrogen (secondary N) is 2. The van der Waals surface area contributed by atoms with Crippen molar-refractivity contribution >= 4 is 5.84 Å². The van der Waals surface area contributed by atoms with Crippen LogP contribution < -0.4 is 22.2 Å². The van der Waals surface area contributed by atoms with Crippen molar-refractivity contribution in [1.29, 1.82) is 0 Å². The van der Waals surface area contributed by atoms with Crippen LogP contribution in [0.25, 0.3) is 0 Å². The maximum Gasteiger partial charge on any atom is 0.200 e. The van der Waals surface area contributed by atoms with Gasteiger partial charge in [-0.05, 0) is 44.7 Å². The third-order valence-corrected chi connectivity index (χ3v) is 5.09. The number of nitrogens with zero attached hydrogens (tertiary/aromatic N) is 3. The highest BCUT2D eigenvalue weighted by Crippen LogP contribution is 2.26. The molecule has 0 aromatic carbocycles. The van der Waals surface area contributed by atoms with Crippen LogP contribution >= 0.6 is 0 Å². The number of aliphatic imine (C=N–C) groups is 1. The lowest BCUT2D eigenvalue weighted by molar-refractivity contribution is 0.287. The molecule has 0 aliphatic carbocycles. The van der Waals surface area contributed by atoms with E-state index >= 15 is 0 Å². The van der Waals surface area contributed by atoms with Gasteiger partial charge in [0.1, 0.15) is 0 Å². The number of hydrogen-bond donors (Lipinski definition) is 4. The number of nitrogens with two attached hydrogens (primary N) is 2. The highest BCUT2D eigenvalue weighted by atomic mass is 15.6. The first-order chi connectivity index (χ1) is 11.0. The van der Waals surface area contributed by atoms with Crippen LogP contribution in [-0.4, -0.2) is 34.4 Å². The molecule has 23 heavy (non-hydrogen) atoms. The third kappa shape index (κ3) is 3.21. The van der Waals surface area contributed by atoms with E-state index in [9.17, 15) is 0 Å². The molecule has 0 saturated carbocycles. The van der Waals surface area contributed by atoms with Gasteiger partial charge in [0.05, 0.1) is 11.9 Å². The third-order valence-electron chi connectivity index (χ3n) is 5.09. The second-order valence-electron chi connectivity index (χ2n) is 6.93. The molecule has 0 amide bonds. The average Bonchev–Trinajstić information content (AvgIpc) is 2.91. The van der Waals surface area contributed by atoms with Gasteiger partial charge < -0.3 is 11.1 Å². The molecule has 3 heterocycles. The smallest absolute Gasteiger partial charge is 0.200 e. The van der Waals surface area contributed by atoms with Gasteiger partial charge in [-0.2, -0.15) is 0 Å². The van der Waals surface area contributed by atoms with E-state index in [1.54, 1.807) is 0 Å². The molecule has 2 aliphatic heterocycles. The number of piperidine rings is 1. The molecular formula is C16H29N7. The summed E-state index contributed by atoms with van der Waals surface area (Å²) in [5.74, 6) is 1.11. The van der Waals surface area contributed by atoms with Crippen LogP contribution in [0, 0.1) is 11.8 Å². The van der Waals surface area contributed by atoms with E-state index in [1.165, 1.54) is 12.8 Å². The Morgan fingerprint density at radius 3 is 2.87 bits per heavy atom. The maximum atomic E-state index is 6.52. The Hall–Kier alpha value is -1.60. The van der Waals surface area contributed by atoms with Crippen LogP contribution in [0.15, 0.2) is 11.2 Å².